The van der Waals surface area contributed by atoms with Crippen molar-refractivity contribution in [3.05, 3.63) is 47.7 Å². The Balaban J connectivity index is 1.32. The van der Waals surface area contributed by atoms with Crippen LogP contribution in [0.4, 0.5) is 0 Å². The third-order valence-corrected chi connectivity index (χ3v) is 4.50. The molecule has 0 saturated carbocycles. The number of ether oxygens (including phenoxy) is 2. The van der Waals surface area contributed by atoms with Crippen LogP contribution in [0.5, 0.6) is 0 Å². The van der Waals surface area contributed by atoms with E-state index < -0.39 is 0 Å². The Kier molecular flexibility index (Phi) is 4.11. The lowest BCUT2D eigenvalue weighted by Crippen LogP contribution is -2.44. The summed E-state index contributed by atoms with van der Waals surface area (Å²) >= 11 is 0. The molecule has 2 aromatic rings. The molecule has 0 N–H and O–H groups in total. The lowest BCUT2D eigenvalue weighted by Gasteiger charge is -2.36. The molecule has 4 rings (SSSR count). The van der Waals surface area contributed by atoms with Crippen LogP contribution in [-0.4, -0.2) is 47.2 Å². The summed E-state index contributed by atoms with van der Waals surface area (Å²) in [5.74, 6) is 1.02. The molecule has 122 valence electrons. The van der Waals surface area contributed by atoms with E-state index in [1.54, 1.807) is 0 Å². The van der Waals surface area contributed by atoms with Gasteiger partial charge >= 0.3 is 0 Å². The molecule has 0 unspecified atom stereocenters. The first-order chi connectivity index (χ1) is 11.3. The Morgan fingerprint density at radius 2 is 1.65 bits per heavy atom. The van der Waals surface area contributed by atoms with E-state index in [4.69, 9.17) is 13.9 Å². The van der Waals surface area contributed by atoms with Gasteiger partial charge in [-0.25, -0.2) is 0 Å². The normalized spacial score (nSPS) is 21.0. The summed E-state index contributed by atoms with van der Waals surface area (Å²) in [6, 6.07) is 10.2. The SMILES string of the molecule is c1ccc(Cc2nnc(CN3CCC4(CC3)OCCO4)o2)cc1. The van der Waals surface area contributed by atoms with Crippen molar-refractivity contribution in [1.82, 2.24) is 15.1 Å². The van der Waals surface area contributed by atoms with Crippen molar-refractivity contribution in [2.75, 3.05) is 26.3 Å². The second kappa shape index (κ2) is 6.39. The van der Waals surface area contributed by atoms with E-state index in [9.17, 15) is 0 Å². The molecule has 23 heavy (non-hydrogen) atoms. The Labute approximate surface area is 135 Å². The van der Waals surface area contributed by atoms with Gasteiger partial charge in [0, 0.05) is 25.9 Å². The predicted octanol–water partition coefficient (Wildman–Crippen LogP) is 2.00. The van der Waals surface area contributed by atoms with Crippen LogP contribution < -0.4 is 0 Å². The Morgan fingerprint density at radius 1 is 0.957 bits per heavy atom. The largest absolute Gasteiger partial charge is 0.424 e. The molecule has 1 aromatic carbocycles. The van der Waals surface area contributed by atoms with E-state index >= 15 is 0 Å². The highest BCUT2D eigenvalue weighted by molar-refractivity contribution is 5.17. The van der Waals surface area contributed by atoms with Gasteiger partial charge in [-0.2, -0.15) is 0 Å². The van der Waals surface area contributed by atoms with Gasteiger partial charge in [0.2, 0.25) is 11.8 Å². The second-order valence-corrected chi connectivity index (χ2v) is 6.14. The highest BCUT2D eigenvalue weighted by Gasteiger charge is 2.39. The molecule has 6 nitrogen and oxygen atoms in total. The van der Waals surface area contributed by atoms with E-state index in [0.717, 1.165) is 25.9 Å². The minimum absolute atomic E-state index is 0.330. The summed E-state index contributed by atoms with van der Waals surface area (Å²) in [7, 11) is 0. The van der Waals surface area contributed by atoms with Gasteiger partial charge in [-0.3, -0.25) is 4.90 Å². The fourth-order valence-electron chi connectivity index (χ4n) is 3.22. The Bertz CT molecular complexity index is 628. The van der Waals surface area contributed by atoms with Crippen molar-refractivity contribution in [3.63, 3.8) is 0 Å². The van der Waals surface area contributed by atoms with Crippen molar-refractivity contribution in [3.8, 4) is 0 Å². The zero-order chi connectivity index (χ0) is 15.5. The van der Waals surface area contributed by atoms with Crippen molar-refractivity contribution in [2.45, 2.75) is 31.6 Å². The van der Waals surface area contributed by atoms with Gasteiger partial charge in [0.05, 0.1) is 26.2 Å². The molecule has 2 aliphatic heterocycles. The van der Waals surface area contributed by atoms with Gasteiger partial charge in [-0.15, -0.1) is 10.2 Å². The summed E-state index contributed by atoms with van der Waals surface area (Å²) in [5.41, 5.74) is 1.18. The molecular formula is C17H21N3O3. The maximum absolute atomic E-state index is 5.78. The summed E-state index contributed by atoms with van der Waals surface area (Å²) in [6.07, 6.45) is 2.48. The van der Waals surface area contributed by atoms with Crippen LogP contribution in [0.2, 0.25) is 0 Å². The van der Waals surface area contributed by atoms with E-state index in [1.807, 2.05) is 18.2 Å². The van der Waals surface area contributed by atoms with E-state index in [2.05, 4.69) is 27.2 Å². The van der Waals surface area contributed by atoms with E-state index in [0.29, 0.717) is 38.0 Å². The Hall–Kier alpha value is -1.76. The quantitative estimate of drug-likeness (QED) is 0.860. The van der Waals surface area contributed by atoms with Crippen LogP contribution in [0.3, 0.4) is 0 Å². The predicted molar refractivity (Wildman–Crippen MR) is 82.7 cm³/mol. The zero-order valence-electron chi connectivity index (χ0n) is 13.1. The fourth-order valence-corrected chi connectivity index (χ4v) is 3.22. The first kappa shape index (κ1) is 14.8. The standard InChI is InChI=1S/C17H21N3O3/c1-2-4-14(5-3-1)12-15-18-19-16(23-15)13-20-8-6-17(7-9-20)21-10-11-22-17/h1-5H,6-13H2. The highest BCUT2D eigenvalue weighted by atomic mass is 16.7. The molecule has 2 fully saturated rings. The summed E-state index contributed by atoms with van der Waals surface area (Å²) in [4.78, 5) is 2.32. The average Bonchev–Trinajstić information content (AvgIpc) is 3.21. The number of hydrogen-bond acceptors (Lipinski definition) is 6. The van der Waals surface area contributed by atoms with Gasteiger partial charge in [0.15, 0.2) is 5.79 Å². The molecule has 3 heterocycles. The topological polar surface area (TPSA) is 60.6 Å². The number of nitrogens with zero attached hydrogens (tertiary/aromatic N) is 3. The maximum atomic E-state index is 5.78. The van der Waals surface area contributed by atoms with Crippen LogP contribution in [0.15, 0.2) is 34.7 Å². The molecule has 0 amide bonds. The van der Waals surface area contributed by atoms with Gasteiger partial charge in [0.25, 0.3) is 0 Å². The Morgan fingerprint density at radius 3 is 2.39 bits per heavy atom. The minimum Gasteiger partial charge on any atom is -0.424 e. The fraction of sp³-hybridized carbons (Fsp3) is 0.529. The van der Waals surface area contributed by atoms with Gasteiger partial charge in [-0.1, -0.05) is 30.3 Å². The number of hydrogen-bond donors (Lipinski definition) is 0. The van der Waals surface area contributed by atoms with Crippen LogP contribution in [0.1, 0.15) is 30.2 Å². The second-order valence-electron chi connectivity index (χ2n) is 6.14. The molecule has 2 saturated heterocycles. The van der Waals surface area contributed by atoms with E-state index in [-0.39, 0.29) is 5.79 Å². The minimum atomic E-state index is -0.330. The van der Waals surface area contributed by atoms with Crippen molar-refractivity contribution in [1.29, 1.82) is 0 Å². The van der Waals surface area contributed by atoms with Crippen LogP contribution in [0.25, 0.3) is 0 Å². The summed E-state index contributed by atoms with van der Waals surface area (Å²) in [6.45, 7) is 3.98. The zero-order valence-corrected chi connectivity index (χ0v) is 13.1. The number of benzene rings is 1. The van der Waals surface area contributed by atoms with Gasteiger partial charge < -0.3 is 13.9 Å². The van der Waals surface area contributed by atoms with Gasteiger partial charge in [0.1, 0.15) is 0 Å². The molecule has 0 atom stereocenters. The molecule has 2 aliphatic rings. The monoisotopic (exact) mass is 315 g/mol. The lowest BCUT2D eigenvalue weighted by atomic mass is 10.0. The maximum Gasteiger partial charge on any atom is 0.230 e. The molecule has 6 heteroatoms. The highest BCUT2D eigenvalue weighted by Crippen LogP contribution is 2.31. The van der Waals surface area contributed by atoms with Crippen LogP contribution >= 0.6 is 0 Å². The van der Waals surface area contributed by atoms with Gasteiger partial charge in [-0.05, 0) is 5.56 Å². The number of aromatic nitrogens is 2. The van der Waals surface area contributed by atoms with Crippen LogP contribution in [-0.2, 0) is 22.4 Å². The summed E-state index contributed by atoms with van der Waals surface area (Å²) < 4.78 is 17.3. The third kappa shape index (κ3) is 3.44. The summed E-state index contributed by atoms with van der Waals surface area (Å²) in [5, 5.41) is 8.33. The third-order valence-electron chi connectivity index (χ3n) is 4.50. The number of likely N-dealkylation sites (tertiary alicyclic amines) is 1. The van der Waals surface area contributed by atoms with Crippen molar-refractivity contribution < 1.29 is 13.9 Å². The smallest absolute Gasteiger partial charge is 0.230 e. The molecule has 1 spiro atoms. The molecule has 0 bridgehead atoms. The van der Waals surface area contributed by atoms with Crippen molar-refractivity contribution >= 4 is 0 Å². The van der Waals surface area contributed by atoms with E-state index in [1.165, 1.54) is 5.56 Å². The molecule has 1 aromatic heterocycles. The average molecular weight is 315 g/mol. The first-order valence-electron chi connectivity index (χ1n) is 8.17. The molecule has 0 radical (unpaired) electrons. The van der Waals surface area contributed by atoms with Crippen LogP contribution in [0, 0.1) is 0 Å². The number of piperidine rings is 1. The number of rotatable bonds is 4. The molecular weight excluding hydrogens is 294 g/mol. The first-order valence-corrected chi connectivity index (χ1v) is 8.17. The molecule has 0 aliphatic carbocycles. The van der Waals surface area contributed by atoms with Crippen molar-refractivity contribution in [2.24, 2.45) is 0 Å². The lowest BCUT2D eigenvalue weighted by molar-refractivity contribution is -0.186.